The van der Waals surface area contributed by atoms with E-state index in [2.05, 4.69) is 4.99 Å². The highest BCUT2D eigenvalue weighted by atomic mass is 16.3. The summed E-state index contributed by atoms with van der Waals surface area (Å²) in [5.41, 5.74) is 0. The van der Waals surface area contributed by atoms with E-state index in [0.29, 0.717) is 0 Å². The highest BCUT2D eigenvalue weighted by Crippen LogP contribution is 1.97. The normalized spacial score (nSPS) is 19.2. The van der Waals surface area contributed by atoms with Crippen molar-refractivity contribution in [2.45, 2.75) is 6.92 Å². The van der Waals surface area contributed by atoms with Gasteiger partial charge < -0.3 is 10.0 Å². The molecule has 1 aliphatic heterocycles. The van der Waals surface area contributed by atoms with Gasteiger partial charge in [0, 0.05) is 6.54 Å². The molecule has 46 valence electrons. The van der Waals surface area contributed by atoms with Gasteiger partial charge in [-0.15, -0.1) is 0 Å². The van der Waals surface area contributed by atoms with Crippen LogP contribution in [0.4, 0.5) is 0 Å². The topological polar surface area (TPSA) is 35.8 Å². The van der Waals surface area contributed by atoms with Gasteiger partial charge in [-0.3, -0.25) is 4.99 Å². The minimum atomic E-state index is 0.106. The molecule has 0 saturated heterocycles. The van der Waals surface area contributed by atoms with Gasteiger partial charge in [0.05, 0.1) is 12.4 Å². The SMILES string of the molecule is CC1=NCCN1CO. The van der Waals surface area contributed by atoms with Gasteiger partial charge in [-0.05, 0) is 6.92 Å². The molecule has 0 saturated carbocycles. The van der Waals surface area contributed by atoms with Crippen LogP contribution in [0.5, 0.6) is 0 Å². The lowest BCUT2D eigenvalue weighted by Crippen LogP contribution is -2.26. The largest absolute Gasteiger partial charge is 0.376 e. The summed E-state index contributed by atoms with van der Waals surface area (Å²) >= 11 is 0. The van der Waals surface area contributed by atoms with Crippen molar-refractivity contribution in [3.05, 3.63) is 0 Å². The molecular weight excluding hydrogens is 104 g/mol. The van der Waals surface area contributed by atoms with Crippen LogP contribution in [0, 0.1) is 0 Å². The molecule has 0 bridgehead atoms. The molecule has 3 heteroatoms. The van der Waals surface area contributed by atoms with Crippen molar-refractivity contribution in [3.8, 4) is 0 Å². The fourth-order valence-electron chi connectivity index (χ4n) is 0.767. The van der Waals surface area contributed by atoms with Crippen LogP contribution in [0.15, 0.2) is 4.99 Å². The zero-order valence-electron chi connectivity index (χ0n) is 4.96. The Labute approximate surface area is 48.6 Å². The first-order valence-corrected chi connectivity index (χ1v) is 2.71. The zero-order valence-corrected chi connectivity index (χ0v) is 4.96. The lowest BCUT2D eigenvalue weighted by Gasteiger charge is -2.12. The summed E-state index contributed by atoms with van der Waals surface area (Å²) in [5.74, 6) is 0.951. The van der Waals surface area contributed by atoms with E-state index >= 15 is 0 Å². The summed E-state index contributed by atoms with van der Waals surface area (Å²) in [5, 5.41) is 8.58. The Morgan fingerprint density at radius 1 is 1.88 bits per heavy atom. The number of nitrogens with zero attached hydrogens (tertiary/aromatic N) is 2. The summed E-state index contributed by atoms with van der Waals surface area (Å²) in [7, 11) is 0. The highest BCUT2D eigenvalue weighted by Gasteiger charge is 2.08. The molecule has 1 heterocycles. The predicted octanol–water partition coefficient (Wildman–Crippen LogP) is -0.330. The Balaban J connectivity index is 2.46. The Morgan fingerprint density at radius 2 is 2.62 bits per heavy atom. The number of aliphatic imine (C=N–C) groups is 1. The van der Waals surface area contributed by atoms with E-state index in [1.807, 2.05) is 11.8 Å². The summed E-state index contributed by atoms with van der Waals surface area (Å²) in [6.07, 6.45) is 0. The average Bonchev–Trinajstić information content (AvgIpc) is 2.14. The van der Waals surface area contributed by atoms with Crippen molar-refractivity contribution in [3.63, 3.8) is 0 Å². The van der Waals surface area contributed by atoms with Crippen LogP contribution >= 0.6 is 0 Å². The molecule has 0 radical (unpaired) electrons. The Kier molecular flexibility index (Phi) is 1.48. The van der Waals surface area contributed by atoms with Crippen molar-refractivity contribution in [2.24, 2.45) is 4.99 Å². The summed E-state index contributed by atoms with van der Waals surface area (Å²) in [6, 6.07) is 0. The Morgan fingerprint density at radius 3 is 2.88 bits per heavy atom. The summed E-state index contributed by atoms with van der Waals surface area (Å²) in [6.45, 7) is 3.73. The number of hydrogen-bond donors (Lipinski definition) is 1. The minimum absolute atomic E-state index is 0.106. The van der Waals surface area contributed by atoms with Gasteiger partial charge in [-0.1, -0.05) is 0 Å². The summed E-state index contributed by atoms with van der Waals surface area (Å²) in [4.78, 5) is 5.90. The van der Waals surface area contributed by atoms with Gasteiger partial charge >= 0.3 is 0 Å². The third-order valence-corrected chi connectivity index (χ3v) is 1.34. The second-order valence-electron chi connectivity index (χ2n) is 1.83. The third kappa shape index (κ3) is 0.816. The monoisotopic (exact) mass is 114 g/mol. The number of hydrogen-bond acceptors (Lipinski definition) is 3. The lowest BCUT2D eigenvalue weighted by atomic mass is 10.6. The Bertz CT molecular complexity index is 111. The van der Waals surface area contributed by atoms with Crippen LogP contribution in [0.1, 0.15) is 6.92 Å². The van der Waals surface area contributed by atoms with Gasteiger partial charge in [0.1, 0.15) is 6.73 Å². The molecule has 0 atom stereocenters. The third-order valence-electron chi connectivity index (χ3n) is 1.34. The molecule has 0 amide bonds. The lowest BCUT2D eigenvalue weighted by molar-refractivity contribution is 0.179. The van der Waals surface area contributed by atoms with Gasteiger partial charge in [0.15, 0.2) is 0 Å². The van der Waals surface area contributed by atoms with Crippen LogP contribution in [-0.4, -0.2) is 35.7 Å². The standard InChI is InChI=1S/C5H10N2O/c1-5-6-2-3-7(5)4-8/h8H,2-4H2,1H3. The van der Waals surface area contributed by atoms with Crippen LogP contribution in [0.3, 0.4) is 0 Å². The smallest absolute Gasteiger partial charge is 0.116 e. The van der Waals surface area contributed by atoms with Gasteiger partial charge in [-0.25, -0.2) is 0 Å². The van der Waals surface area contributed by atoms with E-state index in [4.69, 9.17) is 5.11 Å². The maximum Gasteiger partial charge on any atom is 0.116 e. The van der Waals surface area contributed by atoms with Gasteiger partial charge in [0.2, 0.25) is 0 Å². The molecule has 0 aliphatic carbocycles. The second-order valence-corrected chi connectivity index (χ2v) is 1.83. The number of amidine groups is 1. The molecule has 0 aromatic heterocycles. The minimum Gasteiger partial charge on any atom is -0.376 e. The van der Waals surface area contributed by atoms with Crippen LogP contribution in [-0.2, 0) is 0 Å². The quantitative estimate of drug-likeness (QED) is 0.506. The molecule has 3 nitrogen and oxygen atoms in total. The predicted molar refractivity (Wildman–Crippen MR) is 31.8 cm³/mol. The van der Waals surface area contributed by atoms with Crippen LogP contribution in [0.25, 0.3) is 0 Å². The first-order valence-electron chi connectivity index (χ1n) is 2.71. The molecule has 0 fully saturated rings. The van der Waals surface area contributed by atoms with Crippen molar-refractivity contribution >= 4 is 5.84 Å². The molecule has 1 N–H and O–H groups in total. The second kappa shape index (κ2) is 2.13. The van der Waals surface area contributed by atoms with Crippen molar-refractivity contribution < 1.29 is 5.11 Å². The maximum absolute atomic E-state index is 8.58. The average molecular weight is 114 g/mol. The van der Waals surface area contributed by atoms with Crippen molar-refractivity contribution in [2.75, 3.05) is 19.8 Å². The first kappa shape index (κ1) is 5.56. The molecule has 0 aromatic carbocycles. The molecule has 1 rings (SSSR count). The highest BCUT2D eigenvalue weighted by molar-refractivity contribution is 5.80. The van der Waals surface area contributed by atoms with E-state index in [1.165, 1.54) is 0 Å². The number of aliphatic hydroxyl groups is 1. The number of aliphatic hydroxyl groups excluding tert-OH is 1. The molecule has 1 aliphatic rings. The summed E-state index contributed by atoms with van der Waals surface area (Å²) < 4.78 is 0. The molecule has 8 heavy (non-hydrogen) atoms. The van der Waals surface area contributed by atoms with E-state index < -0.39 is 0 Å². The van der Waals surface area contributed by atoms with Crippen molar-refractivity contribution in [1.29, 1.82) is 0 Å². The first-order chi connectivity index (χ1) is 3.84. The maximum atomic E-state index is 8.58. The van der Waals surface area contributed by atoms with Gasteiger partial charge in [0.25, 0.3) is 0 Å². The van der Waals surface area contributed by atoms with Gasteiger partial charge in [-0.2, -0.15) is 0 Å². The number of rotatable bonds is 1. The van der Waals surface area contributed by atoms with Crippen LogP contribution in [0.2, 0.25) is 0 Å². The van der Waals surface area contributed by atoms with Crippen LogP contribution < -0.4 is 0 Å². The van der Waals surface area contributed by atoms with E-state index in [0.717, 1.165) is 18.9 Å². The van der Waals surface area contributed by atoms with E-state index in [-0.39, 0.29) is 6.73 Å². The molecule has 0 spiro atoms. The van der Waals surface area contributed by atoms with Crippen molar-refractivity contribution in [1.82, 2.24) is 4.90 Å². The van der Waals surface area contributed by atoms with E-state index in [9.17, 15) is 0 Å². The Hall–Kier alpha value is -0.570. The van der Waals surface area contributed by atoms with E-state index in [1.54, 1.807) is 0 Å². The fourth-order valence-corrected chi connectivity index (χ4v) is 0.767. The molecule has 0 aromatic rings. The molecule has 0 unspecified atom stereocenters. The zero-order chi connectivity index (χ0) is 5.98. The molecular formula is C5H10N2O. The fraction of sp³-hybridized carbons (Fsp3) is 0.800.